The fraction of sp³-hybridized carbons (Fsp3) is 0.200. The van der Waals surface area contributed by atoms with Gasteiger partial charge in [-0.1, -0.05) is 29.8 Å². The van der Waals surface area contributed by atoms with Crippen molar-refractivity contribution in [1.82, 2.24) is 10.3 Å². The first-order chi connectivity index (χ1) is 9.58. The Hall–Kier alpha value is -1.91. The molecule has 2 rings (SSSR count). The molecule has 2 aromatic rings. The molecule has 1 unspecified atom stereocenters. The van der Waals surface area contributed by atoms with Crippen LogP contribution in [-0.2, 0) is 4.79 Å². The molecular formula is C15H15ClN2O2. The van der Waals surface area contributed by atoms with Gasteiger partial charge in [-0.05, 0) is 30.7 Å². The summed E-state index contributed by atoms with van der Waals surface area (Å²) in [6.45, 7) is 1.84. The molecule has 1 heterocycles. The summed E-state index contributed by atoms with van der Waals surface area (Å²) < 4.78 is 0. The Bertz CT molecular complexity index is 572. The van der Waals surface area contributed by atoms with Crippen LogP contribution in [0.15, 0.2) is 48.8 Å². The molecule has 104 valence electrons. The van der Waals surface area contributed by atoms with E-state index in [1.807, 2.05) is 19.1 Å². The van der Waals surface area contributed by atoms with E-state index in [1.165, 1.54) is 6.20 Å². The summed E-state index contributed by atoms with van der Waals surface area (Å²) in [6, 6.07) is 10.3. The van der Waals surface area contributed by atoms with Gasteiger partial charge in [0, 0.05) is 23.0 Å². The van der Waals surface area contributed by atoms with Crippen LogP contribution in [0.3, 0.4) is 0 Å². The molecule has 5 heteroatoms. The molecule has 0 radical (unpaired) electrons. The van der Waals surface area contributed by atoms with E-state index in [0.717, 1.165) is 5.56 Å². The van der Waals surface area contributed by atoms with Crippen LogP contribution < -0.4 is 5.32 Å². The Kier molecular flexibility index (Phi) is 4.71. The number of aromatic nitrogens is 1. The lowest BCUT2D eigenvalue weighted by Crippen LogP contribution is -2.31. The molecular weight excluding hydrogens is 276 g/mol. The van der Waals surface area contributed by atoms with E-state index in [9.17, 15) is 9.90 Å². The van der Waals surface area contributed by atoms with Gasteiger partial charge in [0.25, 0.3) is 5.91 Å². The lowest BCUT2D eigenvalue weighted by molar-refractivity contribution is -0.130. The highest BCUT2D eigenvalue weighted by atomic mass is 35.5. The monoisotopic (exact) mass is 290 g/mol. The zero-order chi connectivity index (χ0) is 14.5. The zero-order valence-electron chi connectivity index (χ0n) is 11.0. The van der Waals surface area contributed by atoms with Gasteiger partial charge in [0.1, 0.15) is 0 Å². The Morgan fingerprint density at radius 2 is 1.95 bits per heavy atom. The average Bonchev–Trinajstić information content (AvgIpc) is 2.48. The first-order valence-corrected chi connectivity index (χ1v) is 6.59. The fourth-order valence-electron chi connectivity index (χ4n) is 1.82. The van der Waals surface area contributed by atoms with Gasteiger partial charge < -0.3 is 10.4 Å². The number of benzene rings is 1. The number of aliphatic hydroxyl groups is 1. The molecule has 0 aliphatic carbocycles. The highest BCUT2D eigenvalue weighted by Gasteiger charge is 2.19. The van der Waals surface area contributed by atoms with Crippen molar-refractivity contribution in [3.8, 4) is 0 Å². The van der Waals surface area contributed by atoms with Crippen molar-refractivity contribution >= 4 is 17.5 Å². The average molecular weight is 291 g/mol. The number of pyridine rings is 1. The van der Waals surface area contributed by atoms with Crippen molar-refractivity contribution in [3.05, 3.63) is 64.9 Å². The van der Waals surface area contributed by atoms with Crippen LogP contribution in [0.1, 0.15) is 30.2 Å². The standard InChI is InChI=1S/C15H15ClN2O2/c1-10(11-4-6-13(16)7-5-11)18-15(20)14(19)12-3-2-8-17-9-12/h2-10,14,19H,1H3,(H,18,20)/t10-,14?/m1/s1. The molecule has 0 bridgehead atoms. The van der Waals surface area contributed by atoms with Crippen molar-refractivity contribution in [2.24, 2.45) is 0 Å². The first-order valence-electron chi connectivity index (χ1n) is 6.22. The highest BCUT2D eigenvalue weighted by Crippen LogP contribution is 2.18. The SMILES string of the molecule is C[C@@H](NC(=O)C(O)c1cccnc1)c1ccc(Cl)cc1. The Morgan fingerprint density at radius 1 is 1.25 bits per heavy atom. The van der Waals surface area contributed by atoms with Crippen molar-refractivity contribution < 1.29 is 9.90 Å². The molecule has 0 spiro atoms. The minimum absolute atomic E-state index is 0.217. The van der Waals surface area contributed by atoms with Gasteiger partial charge >= 0.3 is 0 Å². The zero-order valence-corrected chi connectivity index (χ0v) is 11.7. The van der Waals surface area contributed by atoms with E-state index in [-0.39, 0.29) is 6.04 Å². The predicted octanol–water partition coefficient (Wildman–Crippen LogP) is 2.65. The molecule has 2 N–H and O–H groups in total. The second kappa shape index (κ2) is 6.50. The normalized spacial score (nSPS) is 13.6. The largest absolute Gasteiger partial charge is 0.378 e. The topological polar surface area (TPSA) is 62.2 Å². The Labute approximate surface area is 122 Å². The number of hydrogen-bond acceptors (Lipinski definition) is 3. The van der Waals surface area contributed by atoms with Gasteiger partial charge in [-0.2, -0.15) is 0 Å². The van der Waals surface area contributed by atoms with Crippen LogP contribution in [0.2, 0.25) is 5.02 Å². The van der Waals surface area contributed by atoms with E-state index in [2.05, 4.69) is 10.3 Å². The lowest BCUT2D eigenvalue weighted by Gasteiger charge is -2.17. The molecule has 0 fully saturated rings. The van der Waals surface area contributed by atoms with Crippen molar-refractivity contribution in [2.75, 3.05) is 0 Å². The van der Waals surface area contributed by atoms with E-state index in [0.29, 0.717) is 10.6 Å². The quantitative estimate of drug-likeness (QED) is 0.910. The lowest BCUT2D eigenvalue weighted by atomic mass is 10.1. The minimum atomic E-state index is -1.22. The smallest absolute Gasteiger partial charge is 0.254 e. The summed E-state index contributed by atoms with van der Waals surface area (Å²) >= 11 is 5.82. The number of carbonyl (C=O) groups is 1. The number of hydrogen-bond donors (Lipinski definition) is 2. The maximum absolute atomic E-state index is 12.0. The maximum atomic E-state index is 12.0. The molecule has 0 aliphatic rings. The van der Waals surface area contributed by atoms with Crippen LogP contribution in [0, 0.1) is 0 Å². The molecule has 1 aromatic carbocycles. The highest BCUT2D eigenvalue weighted by molar-refractivity contribution is 6.30. The van der Waals surface area contributed by atoms with Crippen LogP contribution in [0.5, 0.6) is 0 Å². The number of nitrogens with one attached hydrogen (secondary N) is 1. The molecule has 0 saturated carbocycles. The summed E-state index contributed by atoms with van der Waals surface area (Å²) in [6.07, 6.45) is 1.83. The summed E-state index contributed by atoms with van der Waals surface area (Å²) in [5.41, 5.74) is 1.38. The summed E-state index contributed by atoms with van der Waals surface area (Å²) in [5, 5.41) is 13.4. The summed E-state index contributed by atoms with van der Waals surface area (Å²) in [4.78, 5) is 15.9. The van der Waals surface area contributed by atoms with Crippen molar-refractivity contribution in [1.29, 1.82) is 0 Å². The van der Waals surface area contributed by atoms with Gasteiger partial charge in [-0.3, -0.25) is 9.78 Å². The summed E-state index contributed by atoms with van der Waals surface area (Å²) in [7, 11) is 0. The third-order valence-electron chi connectivity index (χ3n) is 2.98. The molecule has 2 atom stereocenters. The number of rotatable bonds is 4. The van der Waals surface area contributed by atoms with E-state index < -0.39 is 12.0 Å². The van der Waals surface area contributed by atoms with Gasteiger partial charge in [0.05, 0.1) is 6.04 Å². The molecule has 1 aromatic heterocycles. The first kappa shape index (κ1) is 14.5. The second-order valence-electron chi connectivity index (χ2n) is 4.47. The number of nitrogens with zero attached hydrogens (tertiary/aromatic N) is 1. The minimum Gasteiger partial charge on any atom is -0.378 e. The third-order valence-corrected chi connectivity index (χ3v) is 3.23. The molecule has 20 heavy (non-hydrogen) atoms. The second-order valence-corrected chi connectivity index (χ2v) is 4.91. The van der Waals surface area contributed by atoms with Crippen LogP contribution in [0.4, 0.5) is 0 Å². The van der Waals surface area contributed by atoms with E-state index in [1.54, 1.807) is 30.5 Å². The Balaban J connectivity index is 2.02. The number of aliphatic hydroxyl groups excluding tert-OH is 1. The fourth-order valence-corrected chi connectivity index (χ4v) is 1.94. The third kappa shape index (κ3) is 3.56. The van der Waals surface area contributed by atoms with E-state index in [4.69, 9.17) is 11.6 Å². The summed E-state index contributed by atoms with van der Waals surface area (Å²) in [5.74, 6) is -0.458. The predicted molar refractivity (Wildman–Crippen MR) is 77.2 cm³/mol. The van der Waals surface area contributed by atoms with Crippen molar-refractivity contribution in [3.63, 3.8) is 0 Å². The van der Waals surface area contributed by atoms with Crippen LogP contribution in [-0.4, -0.2) is 16.0 Å². The van der Waals surface area contributed by atoms with Crippen LogP contribution >= 0.6 is 11.6 Å². The molecule has 4 nitrogen and oxygen atoms in total. The molecule has 1 amide bonds. The molecule has 0 aliphatic heterocycles. The van der Waals surface area contributed by atoms with Gasteiger partial charge in [0.2, 0.25) is 0 Å². The number of carbonyl (C=O) groups excluding carboxylic acids is 1. The van der Waals surface area contributed by atoms with Gasteiger partial charge in [-0.15, -0.1) is 0 Å². The van der Waals surface area contributed by atoms with Gasteiger partial charge in [0.15, 0.2) is 6.10 Å². The number of amides is 1. The number of halogens is 1. The Morgan fingerprint density at radius 3 is 2.55 bits per heavy atom. The van der Waals surface area contributed by atoms with Crippen LogP contribution in [0.25, 0.3) is 0 Å². The van der Waals surface area contributed by atoms with E-state index >= 15 is 0 Å². The molecule has 0 saturated heterocycles. The van der Waals surface area contributed by atoms with Gasteiger partial charge in [-0.25, -0.2) is 0 Å². The maximum Gasteiger partial charge on any atom is 0.254 e. The van der Waals surface area contributed by atoms with Crippen molar-refractivity contribution in [2.45, 2.75) is 19.1 Å².